The van der Waals surface area contributed by atoms with Crippen molar-refractivity contribution in [2.24, 2.45) is 0 Å². The fourth-order valence-corrected chi connectivity index (χ4v) is 2.94. The molecule has 1 N–H and O–H groups in total. The molecule has 0 heterocycles. The molecule has 1 aliphatic rings. The zero-order valence-corrected chi connectivity index (χ0v) is 13.6. The zero-order chi connectivity index (χ0) is 14.9. The lowest BCUT2D eigenvalue weighted by Crippen LogP contribution is -2.18. The minimum Gasteiger partial charge on any atom is -0.489 e. The largest absolute Gasteiger partial charge is 0.489 e. The van der Waals surface area contributed by atoms with Gasteiger partial charge in [0.2, 0.25) is 0 Å². The highest BCUT2D eigenvalue weighted by atomic mass is 35.5. The Kier molecular flexibility index (Phi) is 7.34. The average Bonchev–Trinajstić information content (AvgIpc) is 2.75. The molecule has 0 unspecified atom stereocenters. The first-order chi connectivity index (χ1) is 10.3. The Morgan fingerprint density at radius 3 is 2.62 bits per heavy atom. The van der Waals surface area contributed by atoms with Gasteiger partial charge in [0.15, 0.2) is 0 Å². The summed E-state index contributed by atoms with van der Waals surface area (Å²) < 4.78 is 11.1. The van der Waals surface area contributed by atoms with E-state index in [1.807, 2.05) is 12.1 Å². The molecule has 1 fully saturated rings. The van der Waals surface area contributed by atoms with Gasteiger partial charge in [-0.25, -0.2) is 0 Å². The van der Waals surface area contributed by atoms with Crippen LogP contribution in [0.2, 0.25) is 5.02 Å². The Bertz CT molecular complexity index is 417. The van der Waals surface area contributed by atoms with Crippen molar-refractivity contribution in [1.82, 2.24) is 5.32 Å². The van der Waals surface area contributed by atoms with Crippen LogP contribution in [0.3, 0.4) is 0 Å². The van der Waals surface area contributed by atoms with Gasteiger partial charge in [0, 0.05) is 20.2 Å². The molecule has 0 aliphatic heterocycles. The normalized spacial score (nSPS) is 16.7. The third-order valence-electron chi connectivity index (χ3n) is 3.90. The van der Waals surface area contributed by atoms with Gasteiger partial charge in [0.1, 0.15) is 5.75 Å². The van der Waals surface area contributed by atoms with Crippen LogP contribution >= 0.6 is 11.6 Å². The van der Waals surface area contributed by atoms with Crippen molar-refractivity contribution in [3.05, 3.63) is 28.8 Å². The van der Waals surface area contributed by atoms with E-state index in [0.29, 0.717) is 11.1 Å². The lowest BCUT2D eigenvalue weighted by Gasteiger charge is -2.18. The molecule has 4 heteroatoms. The number of benzene rings is 1. The first-order valence-electron chi connectivity index (χ1n) is 7.94. The van der Waals surface area contributed by atoms with E-state index in [9.17, 15) is 0 Å². The Morgan fingerprint density at radius 1 is 1.19 bits per heavy atom. The van der Waals surface area contributed by atoms with Gasteiger partial charge in [-0.15, -0.1) is 0 Å². The summed E-state index contributed by atoms with van der Waals surface area (Å²) in [7, 11) is 1.71. The molecule has 1 aromatic rings. The summed E-state index contributed by atoms with van der Waals surface area (Å²) in [6, 6.07) is 6.08. The Balaban J connectivity index is 1.86. The van der Waals surface area contributed by atoms with Crippen molar-refractivity contribution in [2.45, 2.75) is 51.2 Å². The van der Waals surface area contributed by atoms with Crippen molar-refractivity contribution in [3.63, 3.8) is 0 Å². The van der Waals surface area contributed by atoms with E-state index in [1.165, 1.54) is 31.2 Å². The van der Waals surface area contributed by atoms with E-state index in [0.717, 1.165) is 38.3 Å². The van der Waals surface area contributed by atoms with Crippen molar-refractivity contribution >= 4 is 11.6 Å². The molecule has 2 rings (SSSR count). The summed E-state index contributed by atoms with van der Waals surface area (Å²) >= 11 is 6.35. The van der Waals surface area contributed by atoms with Crippen LogP contribution in [0.4, 0.5) is 0 Å². The van der Waals surface area contributed by atoms with Crippen LogP contribution in [0.25, 0.3) is 0 Å². The second kappa shape index (κ2) is 9.29. The van der Waals surface area contributed by atoms with Gasteiger partial charge in [-0.1, -0.05) is 30.5 Å². The predicted octanol–water partition coefficient (Wildman–Crippen LogP) is 4.18. The van der Waals surface area contributed by atoms with Crippen LogP contribution in [0.15, 0.2) is 18.2 Å². The maximum absolute atomic E-state index is 6.35. The van der Waals surface area contributed by atoms with Gasteiger partial charge in [-0.05, 0) is 43.4 Å². The number of ether oxygens (including phenoxy) is 2. The fourth-order valence-electron chi connectivity index (χ4n) is 2.70. The molecule has 0 amide bonds. The highest BCUT2D eigenvalue weighted by Gasteiger charge is 2.15. The van der Waals surface area contributed by atoms with Crippen molar-refractivity contribution in [2.75, 3.05) is 20.3 Å². The SMILES string of the molecule is COCCNCc1ccc(OC2CCCCCC2)c(Cl)c1. The minimum atomic E-state index is 0.329. The van der Waals surface area contributed by atoms with E-state index in [4.69, 9.17) is 21.1 Å². The Labute approximate surface area is 133 Å². The predicted molar refractivity (Wildman–Crippen MR) is 87.2 cm³/mol. The van der Waals surface area contributed by atoms with Crippen LogP contribution in [0, 0.1) is 0 Å². The number of hydrogen-bond donors (Lipinski definition) is 1. The van der Waals surface area contributed by atoms with Gasteiger partial charge in [-0.2, -0.15) is 0 Å². The molecule has 118 valence electrons. The van der Waals surface area contributed by atoms with E-state index in [2.05, 4.69) is 11.4 Å². The summed E-state index contributed by atoms with van der Waals surface area (Å²) in [5, 5.41) is 4.03. The maximum atomic E-state index is 6.35. The van der Waals surface area contributed by atoms with Gasteiger partial charge < -0.3 is 14.8 Å². The standard InChI is InChI=1S/C17H26ClNO2/c1-20-11-10-19-13-14-8-9-17(16(18)12-14)21-15-6-4-2-3-5-7-15/h8-9,12,15,19H,2-7,10-11,13H2,1H3. The molecule has 1 aromatic carbocycles. The van der Waals surface area contributed by atoms with Crippen molar-refractivity contribution < 1.29 is 9.47 Å². The van der Waals surface area contributed by atoms with Gasteiger partial charge in [0.25, 0.3) is 0 Å². The molecular weight excluding hydrogens is 286 g/mol. The Morgan fingerprint density at radius 2 is 1.95 bits per heavy atom. The first-order valence-corrected chi connectivity index (χ1v) is 8.32. The summed E-state index contributed by atoms with van der Waals surface area (Å²) in [6.07, 6.45) is 7.83. The number of methoxy groups -OCH3 is 1. The van der Waals surface area contributed by atoms with E-state index >= 15 is 0 Å². The van der Waals surface area contributed by atoms with E-state index in [1.54, 1.807) is 7.11 Å². The summed E-state index contributed by atoms with van der Waals surface area (Å²) in [5.74, 6) is 0.823. The van der Waals surface area contributed by atoms with Crippen LogP contribution in [0.1, 0.15) is 44.1 Å². The lowest BCUT2D eigenvalue weighted by atomic mass is 10.1. The second-order valence-corrected chi connectivity index (χ2v) is 6.07. The highest BCUT2D eigenvalue weighted by Crippen LogP contribution is 2.29. The van der Waals surface area contributed by atoms with E-state index < -0.39 is 0 Å². The molecule has 0 radical (unpaired) electrons. The number of nitrogens with one attached hydrogen (secondary N) is 1. The molecule has 0 aromatic heterocycles. The number of rotatable bonds is 7. The molecule has 0 saturated heterocycles. The fraction of sp³-hybridized carbons (Fsp3) is 0.647. The number of hydrogen-bond acceptors (Lipinski definition) is 3. The maximum Gasteiger partial charge on any atom is 0.138 e. The van der Waals surface area contributed by atoms with Gasteiger partial charge in [-0.3, -0.25) is 0 Å². The molecule has 21 heavy (non-hydrogen) atoms. The lowest BCUT2D eigenvalue weighted by molar-refractivity contribution is 0.184. The third kappa shape index (κ3) is 5.85. The summed E-state index contributed by atoms with van der Waals surface area (Å²) in [6.45, 7) is 2.36. The smallest absolute Gasteiger partial charge is 0.138 e. The van der Waals surface area contributed by atoms with Crippen LogP contribution < -0.4 is 10.1 Å². The quantitative estimate of drug-likeness (QED) is 0.605. The van der Waals surface area contributed by atoms with Gasteiger partial charge in [0.05, 0.1) is 17.7 Å². The molecule has 0 bridgehead atoms. The summed E-state index contributed by atoms with van der Waals surface area (Å²) in [4.78, 5) is 0. The van der Waals surface area contributed by atoms with Gasteiger partial charge >= 0.3 is 0 Å². The monoisotopic (exact) mass is 311 g/mol. The van der Waals surface area contributed by atoms with E-state index in [-0.39, 0.29) is 0 Å². The van der Waals surface area contributed by atoms with Crippen LogP contribution in [-0.2, 0) is 11.3 Å². The van der Waals surface area contributed by atoms with Crippen LogP contribution in [0.5, 0.6) is 5.75 Å². The van der Waals surface area contributed by atoms with Crippen molar-refractivity contribution in [1.29, 1.82) is 0 Å². The topological polar surface area (TPSA) is 30.5 Å². The molecular formula is C17H26ClNO2. The van der Waals surface area contributed by atoms with Crippen LogP contribution in [-0.4, -0.2) is 26.4 Å². The minimum absolute atomic E-state index is 0.329. The second-order valence-electron chi connectivity index (χ2n) is 5.67. The molecule has 1 saturated carbocycles. The molecule has 1 aliphatic carbocycles. The van der Waals surface area contributed by atoms with Crippen molar-refractivity contribution in [3.8, 4) is 5.75 Å². The number of halogens is 1. The molecule has 0 atom stereocenters. The molecule has 0 spiro atoms. The highest BCUT2D eigenvalue weighted by molar-refractivity contribution is 6.32. The zero-order valence-electron chi connectivity index (χ0n) is 12.9. The average molecular weight is 312 g/mol. The third-order valence-corrected chi connectivity index (χ3v) is 4.20. The first kappa shape index (κ1) is 16.6. The summed E-state index contributed by atoms with van der Waals surface area (Å²) in [5.41, 5.74) is 1.17. The Hall–Kier alpha value is -0.770. The molecule has 3 nitrogen and oxygen atoms in total.